The van der Waals surface area contributed by atoms with Crippen molar-refractivity contribution in [1.82, 2.24) is 5.32 Å². The number of rotatable bonds is 2. The van der Waals surface area contributed by atoms with Crippen LogP contribution in [0.15, 0.2) is 24.3 Å². The summed E-state index contributed by atoms with van der Waals surface area (Å²) in [6.07, 6.45) is 0. The van der Waals surface area contributed by atoms with Crippen molar-refractivity contribution in [2.75, 3.05) is 12.4 Å². The topological polar surface area (TPSA) is 58.2 Å². The molecule has 0 heterocycles. The van der Waals surface area contributed by atoms with Crippen LogP contribution in [0.5, 0.6) is 0 Å². The van der Waals surface area contributed by atoms with Crippen LogP contribution in [0.2, 0.25) is 0 Å². The molecule has 92 valence electrons. The van der Waals surface area contributed by atoms with Gasteiger partial charge in [-0.1, -0.05) is 26.8 Å². The SMILES string of the molecule is CNC(=O)c1cccc(NC(=O)C(C)(C)C)c1. The summed E-state index contributed by atoms with van der Waals surface area (Å²) in [6, 6.07) is 6.85. The van der Waals surface area contributed by atoms with Crippen LogP contribution in [0.3, 0.4) is 0 Å². The van der Waals surface area contributed by atoms with E-state index in [0.29, 0.717) is 11.3 Å². The second kappa shape index (κ2) is 4.99. The van der Waals surface area contributed by atoms with Crippen molar-refractivity contribution in [3.05, 3.63) is 29.8 Å². The Bertz CT molecular complexity index is 433. The van der Waals surface area contributed by atoms with Gasteiger partial charge in [0, 0.05) is 23.7 Å². The van der Waals surface area contributed by atoms with Gasteiger partial charge < -0.3 is 10.6 Å². The van der Waals surface area contributed by atoms with Crippen LogP contribution in [0, 0.1) is 5.41 Å². The fraction of sp³-hybridized carbons (Fsp3) is 0.385. The molecule has 0 aliphatic rings. The normalized spacial score (nSPS) is 10.8. The smallest absolute Gasteiger partial charge is 0.251 e. The van der Waals surface area contributed by atoms with Crippen LogP contribution in [-0.2, 0) is 4.79 Å². The van der Waals surface area contributed by atoms with Crippen LogP contribution in [-0.4, -0.2) is 18.9 Å². The predicted octanol–water partition coefficient (Wildman–Crippen LogP) is 2.03. The maximum Gasteiger partial charge on any atom is 0.251 e. The zero-order valence-corrected chi connectivity index (χ0v) is 10.6. The van der Waals surface area contributed by atoms with Crippen LogP contribution in [0.1, 0.15) is 31.1 Å². The number of amides is 2. The summed E-state index contributed by atoms with van der Waals surface area (Å²) in [5, 5.41) is 5.32. The summed E-state index contributed by atoms with van der Waals surface area (Å²) in [7, 11) is 1.57. The van der Waals surface area contributed by atoms with Gasteiger partial charge in [0.15, 0.2) is 0 Å². The van der Waals surface area contributed by atoms with E-state index in [0.717, 1.165) is 0 Å². The van der Waals surface area contributed by atoms with Crippen molar-refractivity contribution in [1.29, 1.82) is 0 Å². The molecule has 0 saturated heterocycles. The summed E-state index contributed by atoms with van der Waals surface area (Å²) in [4.78, 5) is 23.2. The summed E-state index contributed by atoms with van der Waals surface area (Å²) in [6.45, 7) is 5.51. The van der Waals surface area contributed by atoms with E-state index >= 15 is 0 Å². The molecule has 1 rings (SSSR count). The van der Waals surface area contributed by atoms with Crippen molar-refractivity contribution in [3.8, 4) is 0 Å². The van der Waals surface area contributed by atoms with E-state index in [9.17, 15) is 9.59 Å². The molecule has 0 aliphatic heterocycles. The van der Waals surface area contributed by atoms with Crippen molar-refractivity contribution in [2.45, 2.75) is 20.8 Å². The lowest BCUT2D eigenvalue weighted by Crippen LogP contribution is -2.27. The molecule has 1 aromatic carbocycles. The molecule has 0 aliphatic carbocycles. The van der Waals surface area contributed by atoms with Crippen molar-refractivity contribution >= 4 is 17.5 Å². The average molecular weight is 234 g/mol. The van der Waals surface area contributed by atoms with Crippen LogP contribution >= 0.6 is 0 Å². The Kier molecular flexibility index (Phi) is 3.89. The van der Waals surface area contributed by atoms with E-state index in [-0.39, 0.29) is 11.8 Å². The third-order valence-electron chi connectivity index (χ3n) is 2.29. The van der Waals surface area contributed by atoms with Crippen molar-refractivity contribution < 1.29 is 9.59 Å². The third kappa shape index (κ3) is 3.59. The second-order valence-corrected chi connectivity index (χ2v) is 4.86. The zero-order valence-electron chi connectivity index (χ0n) is 10.6. The Labute approximate surface area is 101 Å². The minimum atomic E-state index is -0.455. The molecule has 0 bridgehead atoms. The largest absolute Gasteiger partial charge is 0.355 e. The van der Waals surface area contributed by atoms with Gasteiger partial charge >= 0.3 is 0 Å². The summed E-state index contributed by atoms with van der Waals surface area (Å²) in [5.41, 5.74) is 0.702. The summed E-state index contributed by atoms with van der Waals surface area (Å²) >= 11 is 0. The maximum absolute atomic E-state index is 11.8. The molecule has 4 heteroatoms. The van der Waals surface area contributed by atoms with Crippen molar-refractivity contribution in [2.24, 2.45) is 5.41 Å². The molecule has 0 fully saturated rings. The van der Waals surface area contributed by atoms with Gasteiger partial charge in [0.2, 0.25) is 5.91 Å². The highest BCUT2D eigenvalue weighted by atomic mass is 16.2. The highest BCUT2D eigenvalue weighted by Gasteiger charge is 2.21. The first-order valence-corrected chi connectivity index (χ1v) is 5.48. The number of carbonyl (C=O) groups excluding carboxylic acids is 2. The lowest BCUT2D eigenvalue weighted by molar-refractivity contribution is -0.123. The number of hydrogen-bond acceptors (Lipinski definition) is 2. The molecule has 4 nitrogen and oxygen atoms in total. The van der Waals surface area contributed by atoms with Gasteiger partial charge in [-0.3, -0.25) is 9.59 Å². The van der Waals surface area contributed by atoms with E-state index in [1.54, 1.807) is 31.3 Å². The molecule has 0 aromatic heterocycles. The van der Waals surface area contributed by atoms with E-state index in [1.165, 1.54) is 0 Å². The number of benzene rings is 1. The fourth-order valence-corrected chi connectivity index (χ4v) is 1.20. The first kappa shape index (κ1) is 13.2. The molecular formula is C13H18N2O2. The molecular weight excluding hydrogens is 216 g/mol. The van der Waals surface area contributed by atoms with E-state index < -0.39 is 5.41 Å². The molecule has 1 aromatic rings. The van der Waals surface area contributed by atoms with Gasteiger partial charge in [0.1, 0.15) is 0 Å². The number of anilines is 1. The maximum atomic E-state index is 11.8. The third-order valence-corrected chi connectivity index (χ3v) is 2.29. The van der Waals surface area contributed by atoms with Gasteiger partial charge in [-0.25, -0.2) is 0 Å². The highest BCUT2D eigenvalue weighted by molar-refractivity contribution is 5.98. The second-order valence-electron chi connectivity index (χ2n) is 4.86. The first-order valence-electron chi connectivity index (χ1n) is 5.48. The Morgan fingerprint density at radius 3 is 2.35 bits per heavy atom. The molecule has 0 radical (unpaired) electrons. The Morgan fingerprint density at radius 1 is 1.18 bits per heavy atom. The van der Waals surface area contributed by atoms with Crippen LogP contribution in [0.25, 0.3) is 0 Å². The minimum absolute atomic E-state index is 0.0773. The first-order chi connectivity index (χ1) is 7.84. The van der Waals surface area contributed by atoms with E-state index in [4.69, 9.17) is 0 Å². The molecule has 17 heavy (non-hydrogen) atoms. The van der Waals surface area contributed by atoms with Gasteiger partial charge in [-0.2, -0.15) is 0 Å². The predicted molar refractivity (Wildman–Crippen MR) is 67.9 cm³/mol. The minimum Gasteiger partial charge on any atom is -0.355 e. The fourth-order valence-electron chi connectivity index (χ4n) is 1.20. The number of nitrogens with one attached hydrogen (secondary N) is 2. The van der Waals surface area contributed by atoms with E-state index in [2.05, 4.69) is 10.6 Å². The molecule has 0 unspecified atom stereocenters. The zero-order chi connectivity index (χ0) is 13.1. The standard InChI is InChI=1S/C13H18N2O2/c1-13(2,3)12(17)15-10-7-5-6-9(8-10)11(16)14-4/h5-8H,1-4H3,(H,14,16)(H,15,17). The molecule has 2 amide bonds. The Hall–Kier alpha value is -1.84. The molecule has 2 N–H and O–H groups in total. The van der Waals surface area contributed by atoms with Gasteiger partial charge in [-0.15, -0.1) is 0 Å². The van der Waals surface area contributed by atoms with Crippen LogP contribution < -0.4 is 10.6 Å². The lowest BCUT2D eigenvalue weighted by Gasteiger charge is -2.17. The van der Waals surface area contributed by atoms with Gasteiger partial charge in [0.25, 0.3) is 5.91 Å². The summed E-state index contributed by atoms with van der Waals surface area (Å²) in [5.74, 6) is -0.247. The Balaban J connectivity index is 2.87. The van der Waals surface area contributed by atoms with Crippen LogP contribution in [0.4, 0.5) is 5.69 Å². The number of carbonyl (C=O) groups is 2. The van der Waals surface area contributed by atoms with Gasteiger partial charge in [-0.05, 0) is 18.2 Å². The van der Waals surface area contributed by atoms with E-state index in [1.807, 2.05) is 20.8 Å². The molecule has 0 atom stereocenters. The number of hydrogen-bond donors (Lipinski definition) is 2. The molecule has 0 saturated carbocycles. The average Bonchev–Trinajstić information content (AvgIpc) is 2.27. The quantitative estimate of drug-likeness (QED) is 0.822. The highest BCUT2D eigenvalue weighted by Crippen LogP contribution is 2.18. The van der Waals surface area contributed by atoms with Gasteiger partial charge in [0.05, 0.1) is 0 Å². The lowest BCUT2D eigenvalue weighted by atomic mass is 9.95. The monoisotopic (exact) mass is 234 g/mol. The van der Waals surface area contributed by atoms with Crippen molar-refractivity contribution in [3.63, 3.8) is 0 Å². The summed E-state index contributed by atoms with van der Waals surface area (Å²) < 4.78 is 0. The molecule has 0 spiro atoms. The Morgan fingerprint density at radius 2 is 1.82 bits per heavy atom.